The number of benzene rings is 5. The molecule has 5 aromatic carbocycles. The smallest absolute Gasteiger partial charge is 0.484 e. The number of aromatic nitrogens is 6. The Labute approximate surface area is 301 Å². The molecule has 4 heterocycles. The van der Waals surface area contributed by atoms with Crippen LogP contribution in [0.4, 0.5) is 17.6 Å². The summed E-state index contributed by atoms with van der Waals surface area (Å²) in [6.07, 6.45) is 3.98. The van der Waals surface area contributed by atoms with Crippen LogP contribution in [-0.2, 0) is 35.2 Å². The van der Waals surface area contributed by atoms with Gasteiger partial charge in [-0.3, -0.25) is 14.9 Å². The van der Waals surface area contributed by atoms with Gasteiger partial charge in [-0.15, -0.1) is 47.5 Å². The molecule has 0 N–H and O–H groups in total. The minimum atomic E-state index is 0. The SMILES string of the molecule is Cn1cc(-c2[c-]cc3oc(-c4ccccc4)nc3c2)nc1N(c1ccccc1)c1nc(-c2[c-]cc3oc(-c4ccccc4)nc3c2)cn1C.[Pt+2]. The summed E-state index contributed by atoms with van der Waals surface area (Å²) in [7, 11) is 3.95. The molecule has 50 heavy (non-hydrogen) atoms. The Morgan fingerprint density at radius 2 is 0.980 bits per heavy atom. The Kier molecular flexibility index (Phi) is 7.97. The van der Waals surface area contributed by atoms with Crippen LogP contribution in [0.3, 0.4) is 0 Å². The van der Waals surface area contributed by atoms with E-state index in [1.54, 1.807) is 0 Å². The first kappa shape index (κ1) is 31.2. The Morgan fingerprint density at radius 3 is 1.42 bits per heavy atom. The standard InChI is InChI=1S/C40H27N7O2.Pt/c1-45-24-33(28-18-20-35-31(22-28)41-37(48-35)26-12-6-3-7-13-26)43-39(45)47(30-16-10-5-11-17-30)40-44-34(25-46(40)2)29-19-21-36-32(23-29)42-38(49-36)27-14-8-4-9-15-27;/h3-17,20-25H,1-2H3;/q-2;+2. The molecule has 0 fully saturated rings. The number of anilines is 3. The number of imidazole rings is 2. The van der Waals surface area contributed by atoms with Crippen LogP contribution in [0.5, 0.6) is 0 Å². The van der Waals surface area contributed by atoms with Crippen LogP contribution >= 0.6 is 0 Å². The van der Waals surface area contributed by atoms with E-state index < -0.39 is 0 Å². The quantitative estimate of drug-likeness (QED) is 0.148. The van der Waals surface area contributed by atoms with Crippen LogP contribution in [0.15, 0.2) is 136 Å². The van der Waals surface area contributed by atoms with Gasteiger partial charge in [-0.25, -0.2) is 9.97 Å². The molecule has 0 saturated carbocycles. The molecule has 9 rings (SSSR count). The maximum atomic E-state index is 6.03. The minimum absolute atomic E-state index is 0. The molecule has 4 aromatic heterocycles. The molecule has 244 valence electrons. The van der Waals surface area contributed by atoms with E-state index in [0.29, 0.717) is 34.8 Å². The fourth-order valence-electron chi connectivity index (χ4n) is 5.93. The van der Waals surface area contributed by atoms with Crippen molar-refractivity contribution in [2.75, 3.05) is 4.90 Å². The average molecular weight is 833 g/mol. The summed E-state index contributed by atoms with van der Waals surface area (Å²) in [6.45, 7) is 0. The first-order chi connectivity index (χ1) is 24.1. The van der Waals surface area contributed by atoms with Gasteiger partial charge in [0.15, 0.2) is 0 Å². The predicted octanol–water partition coefficient (Wildman–Crippen LogP) is 9.17. The summed E-state index contributed by atoms with van der Waals surface area (Å²) < 4.78 is 16.0. The summed E-state index contributed by atoms with van der Waals surface area (Å²) in [5.41, 5.74) is 8.68. The number of oxazole rings is 2. The Morgan fingerprint density at radius 1 is 0.560 bits per heavy atom. The van der Waals surface area contributed by atoms with Gasteiger partial charge in [0.25, 0.3) is 0 Å². The van der Waals surface area contributed by atoms with Crippen LogP contribution in [0.2, 0.25) is 0 Å². The zero-order valence-corrected chi connectivity index (χ0v) is 29.2. The number of fused-ring (bicyclic) bond motifs is 2. The molecule has 0 aliphatic carbocycles. The average Bonchev–Trinajstić information content (AvgIpc) is 3.94. The van der Waals surface area contributed by atoms with Crippen molar-refractivity contribution in [3.8, 4) is 45.4 Å². The zero-order chi connectivity index (χ0) is 32.9. The molecule has 9 nitrogen and oxygen atoms in total. The third-order valence-electron chi connectivity index (χ3n) is 8.35. The molecule has 0 unspecified atom stereocenters. The van der Waals surface area contributed by atoms with Gasteiger partial charge in [-0.05, 0) is 48.8 Å². The molecule has 0 atom stereocenters. The molecule has 0 spiro atoms. The number of nitrogens with zero attached hydrogens (tertiary/aromatic N) is 7. The predicted molar refractivity (Wildman–Crippen MR) is 189 cm³/mol. The topological polar surface area (TPSA) is 90.9 Å². The van der Waals surface area contributed by atoms with Gasteiger partial charge in [-0.2, -0.15) is 0 Å². The van der Waals surface area contributed by atoms with E-state index in [1.165, 1.54) is 0 Å². The van der Waals surface area contributed by atoms with Gasteiger partial charge in [0.1, 0.15) is 0 Å². The molecular weight excluding hydrogens is 806 g/mol. The van der Waals surface area contributed by atoms with E-state index in [9.17, 15) is 0 Å². The second-order valence-electron chi connectivity index (χ2n) is 11.7. The molecule has 10 heteroatoms. The van der Waals surface area contributed by atoms with Crippen LogP contribution in [0.1, 0.15) is 0 Å². The normalized spacial score (nSPS) is 11.2. The van der Waals surface area contributed by atoms with Gasteiger partial charge in [0.05, 0.1) is 16.9 Å². The Hall–Kier alpha value is -6.05. The maximum Gasteiger partial charge on any atom is 2.00 e. The van der Waals surface area contributed by atoms with Gasteiger partial charge >= 0.3 is 21.1 Å². The van der Waals surface area contributed by atoms with Crippen molar-refractivity contribution >= 4 is 39.8 Å². The molecule has 0 aliphatic heterocycles. The third-order valence-corrected chi connectivity index (χ3v) is 8.35. The summed E-state index contributed by atoms with van der Waals surface area (Å²) >= 11 is 0. The first-order valence-corrected chi connectivity index (χ1v) is 15.8. The zero-order valence-electron chi connectivity index (χ0n) is 26.9. The summed E-state index contributed by atoms with van der Waals surface area (Å²) in [4.78, 5) is 21.8. The largest absolute Gasteiger partial charge is 2.00 e. The van der Waals surface area contributed by atoms with Crippen LogP contribution in [-0.4, -0.2) is 29.1 Å². The van der Waals surface area contributed by atoms with Gasteiger partial charge in [0, 0.05) is 47.6 Å². The van der Waals surface area contributed by atoms with E-state index in [1.807, 2.05) is 156 Å². The Bertz CT molecular complexity index is 2430. The molecule has 0 bridgehead atoms. The molecule has 0 saturated heterocycles. The second kappa shape index (κ2) is 12.8. The Balaban J connectivity index is 0.00000361. The number of para-hydroxylation sites is 1. The maximum absolute atomic E-state index is 6.03. The van der Waals surface area contributed by atoms with Crippen LogP contribution < -0.4 is 4.90 Å². The molecule has 0 radical (unpaired) electrons. The van der Waals surface area contributed by atoms with E-state index in [0.717, 1.165) is 50.4 Å². The van der Waals surface area contributed by atoms with Crippen molar-refractivity contribution in [3.05, 3.63) is 140 Å². The van der Waals surface area contributed by atoms with Crippen molar-refractivity contribution in [2.24, 2.45) is 14.1 Å². The number of rotatable bonds is 7. The summed E-state index contributed by atoms with van der Waals surface area (Å²) in [5.74, 6) is 2.51. The second-order valence-corrected chi connectivity index (χ2v) is 11.7. The fourth-order valence-corrected chi connectivity index (χ4v) is 5.93. The third kappa shape index (κ3) is 5.61. The molecule has 0 aliphatic rings. The van der Waals surface area contributed by atoms with Gasteiger partial charge in [0.2, 0.25) is 23.7 Å². The van der Waals surface area contributed by atoms with E-state index in [2.05, 4.69) is 12.1 Å². The summed E-state index contributed by atoms with van der Waals surface area (Å²) in [5, 5.41) is 0. The van der Waals surface area contributed by atoms with Gasteiger partial charge < -0.3 is 18.0 Å². The number of hydrogen-bond acceptors (Lipinski definition) is 7. The van der Waals surface area contributed by atoms with Crippen molar-refractivity contribution in [2.45, 2.75) is 0 Å². The van der Waals surface area contributed by atoms with E-state index in [4.69, 9.17) is 28.8 Å². The minimum Gasteiger partial charge on any atom is -0.484 e. The number of hydrogen-bond donors (Lipinski definition) is 0. The van der Waals surface area contributed by atoms with E-state index in [-0.39, 0.29) is 21.1 Å². The van der Waals surface area contributed by atoms with Crippen LogP contribution in [0, 0.1) is 12.1 Å². The van der Waals surface area contributed by atoms with Gasteiger partial charge in [-0.1, -0.05) is 54.6 Å². The molecule has 0 amide bonds. The first-order valence-electron chi connectivity index (χ1n) is 15.8. The number of aryl methyl sites for hydroxylation is 2. The van der Waals surface area contributed by atoms with Crippen molar-refractivity contribution < 1.29 is 29.9 Å². The molecule has 9 aromatic rings. The van der Waals surface area contributed by atoms with Crippen molar-refractivity contribution in [1.29, 1.82) is 0 Å². The monoisotopic (exact) mass is 832 g/mol. The van der Waals surface area contributed by atoms with Crippen molar-refractivity contribution in [3.63, 3.8) is 0 Å². The van der Waals surface area contributed by atoms with Crippen LogP contribution in [0.25, 0.3) is 67.6 Å². The molecular formula is C40H27N7O2Pt. The van der Waals surface area contributed by atoms with E-state index >= 15 is 0 Å². The summed E-state index contributed by atoms with van der Waals surface area (Å²) in [6, 6.07) is 44.1. The van der Waals surface area contributed by atoms with Crippen molar-refractivity contribution in [1.82, 2.24) is 29.1 Å². The fraction of sp³-hybridized carbons (Fsp3) is 0.0500.